The van der Waals surface area contributed by atoms with E-state index < -0.39 is 0 Å². The van der Waals surface area contributed by atoms with Gasteiger partial charge in [0.05, 0.1) is 26.9 Å². The summed E-state index contributed by atoms with van der Waals surface area (Å²) in [5, 5.41) is 9.85. The second-order valence-electron chi connectivity index (χ2n) is 5.64. The van der Waals surface area contributed by atoms with Crippen molar-refractivity contribution in [3.8, 4) is 11.5 Å². The molecule has 0 radical (unpaired) electrons. The first kappa shape index (κ1) is 16.1. The molecule has 21 heavy (non-hydrogen) atoms. The van der Waals surface area contributed by atoms with E-state index in [-0.39, 0.29) is 12.6 Å². The van der Waals surface area contributed by atoms with Crippen molar-refractivity contribution in [3.05, 3.63) is 23.8 Å². The van der Waals surface area contributed by atoms with Crippen LogP contribution in [0.2, 0.25) is 0 Å². The van der Waals surface area contributed by atoms with Gasteiger partial charge in [-0.2, -0.15) is 0 Å². The second kappa shape index (κ2) is 7.11. The Hall–Kier alpha value is -1.30. The second-order valence-corrected chi connectivity index (χ2v) is 5.64. The maximum absolute atomic E-state index is 9.85. The van der Waals surface area contributed by atoms with Crippen LogP contribution in [0.25, 0.3) is 0 Å². The lowest BCUT2D eigenvalue weighted by Gasteiger charge is -2.41. The molecular weight excluding hydrogens is 268 g/mol. The van der Waals surface area contributed by atoms with E-state index in [1.165, 1.54) is 0 Å². The van der Waals surface area contributed by atoms with Crippen LogP contribution in [0.4, 0.5) is 0 Å². The molecule has 1 aliphatic rings. The molecule has 0 aromatic heterocycles. The first-order chi connectivity index (χ1) is 10.1. The van der Waals surface area contributed by atoms with Crippen molar-refractivity contribution in [2.24, 2.45) is 0 Å². The minimum absolute atomic E-state index is 0.000885. The van der Waals surface area contributed by atoms with Crippen LogP contribution in [0.1, 0.15) is 18.5 Å². The number of ether oxygens (including phenoxy) is 2. The summed E-state index contributed by atoms with van der Waals surface area (Å²) in [5.41, 5.74) is 1.06. The van der Waals surface area contributed by atoms with Crippen molar-refractivity contribution in [3.63, 3.8) is 0 Å². The molecule has 118 valence electrons. The van der Waals surface area contributed by atoms with Crippen molar-refractivity contribution in [1.29, 1.82) is 0 Å². The molecule has 2 rings (SSSR count). The van der Waals surface area contributed by atoms with Crippen LogP contribution in [-0.2, 0) is 0 Å². The van der Waals surface area contributed by atoms with E-state index in [9.17, 15) is 5.11 Å². The molecule has 1 aliphatic heterocycles. The van der Waals surface area contributed by atoms with Gasteiger partial charge in [-0.25, -0.2) is 0 Å². The highest BCUT2D eigenvalue weighted by atomic mass is 16.5. The molecule has 0 bridgehead atoms. The van der Waals surface area contributed by atoms with E-state index in [4.69, 9.17) is 9.47 Å². The monoisotopic (exact) mass is 294 g/mol. The van der Waals surface area contributed by atoms with Crippen LogP contribution < -0.4 is 9.47 Å². The maximum atomic E-state index is 9.85. The number of methoxy groups -OCH3 is 2. The van der Waals surface area contributed by atoms with Gasteiger partial charge in [-0.1, -0.05) is 6.07 Å². The summed E-state index contributed by atoms with van der Waals surface area (Å²) in [6, 6.07) is 6.36. The molecule has 0 aliphatic carbocycles. The van der Waals surface area contributed by atoms with Crippen LogP contribution in [-0.4, -0.2) is 68.5 Å². The van der Waals surface area contributed by atoms with Gasteiger partial charge in [-0.05, 0) is 31.7 Å². The average Bonchev–Trinajstić information content (AvgIpc) is 2.51. The van der Waals surface area contributed by atoms with Crippen molar-refractivity contribution >= 4 is 0 Å². The van der Waals surface area contributed by atoms with Gasteiger partial charge in [0.25, 0.3) is 0 Å². The lowest BCUT2D eigenvalue weighted by atomic mass is 10.0. The molecule has 1 fully saturated rings. The summed E-state index contributed by atoms with van der Waals surface area (Å²) in [7, 11) is 5.41. The molecule has 5 heteroatoms. The van der Waals surface area contributed by atoms with E-state index in [0.29, 0.717) is 17.5 Å². The Morgan fingerprint density at radius 2 is 1.95 bits per heavy atom. The third-order valence-electron chi connectivity index (χ3n) is 4.40. The third-order valence-corrected chi connectivity index (χ3v) is 4.40. The van der Waals surface area contributed by atoms with Gasteiger partial charge in [0.15, 0.2) is 11.5 Å². The molecule has 0 amide bonds. The Balaban J connectivity index is 2.21. The molecule has 0 saturated carbocycles. The number of benzene rings is 1. The molecule has 1 aromatic rings. The normalized spacial score (nSPS) is 22.0. The lowest BCUT2D eigenvalue weighted by molar-refractivity contribution is 0.0463. The number of hydrogen-bond donors (Lipinski definition) is 1. The topological polar surface area (TPSA) is 45.2 Å². The smallest absolute Gasteiger partial charge is 0.161 e. The van der Waals surface area contributed by atoms with Gasteiger partial charge in [0.2, 0.25) is 0 Å². The number of aliphatic hydroxyl groups excluding tert-OH is 1. The summed E-state index contributed by atoms with van der Waals surface area (Å²) in [5.74, 6) is 1.42. The van der Waals surface area contributed by atoms with Crippen LogP contribution in [0, 0.1) is 0 Å². The van der Waals surface area contributed by atoms with E-state index >= 15 is 0 Å². The molecule has 1 heterocycles. The number of aliphatic hydroxyl groups is 1. The number of piperazine rings is 1. The maximum Gasteiger partial charge on any atom is 0.161 e. The molecule has 0 spiro atoms. The van der Waals surface area contributed by atoms with Gasteiger partial charge in [-0.15, -0.1) is 0 Å². The summed E-state index contributed by atoms with van der Waals surface area (Å²) in [6.07, 6.45) is 0. The standard InChI is InChI=1S/C16H26N2O3/c1-12-10-18(8-7-17(12)2)14(11-19)13-5-6-15(20-3)16(9-13)21-4/h5-6,9,12,14,19H,7-8,10-11H2,1-4H3. The molecule has 1 N–H and O–H groups in total. The summed E-state index contributed by atoms with van der Waals surface area (Å²) < 4.78 is 10.6. The van der Waals surface area contributed by atoms with Gasteiger partial charge < -0.3 is 19.5 Å². The highest BCUT2D eigenvalue weighted by Gasteiger charge is 2.27. The van der Waals surface area contributed by atoms with Crippen LogP contribution in [0.3, 0.4) is 0 Å². The van der Waals surface area contributed by atoms with E-state index in [1.807, 2.05) is 18.2 Å². The van der Waals surface area contributed by atoms with E-state index in [1.54, 1.807) is 14.2 Å². The van der Waals surface area contributed by atoms with Crippen molar-refractivity contribution in [2.45, 2.75) is 19.0 Å². The zero-order valence-corrected chi connectivity index (χ0v) is 13.4. The number of rotatable bonds is 5. The van der Waals surface area contributed by atoms with E-state index in [0.717, 1.165) is 25.2 Å². The predicted octanol–water partition coefficient (Wildman–Crippen LogP) is 1.37. The molecule has 2 atom stereocenters. The fraction of sp³-hybridized carbons (Fsp3) is 0.625. The molecule has 5 nitrogen and oxygen atoms in total. The van der Waals surface area contributed by atoms with Crippen LogP contribution in [0.5, 0.6) is 11.5 Å². The van der Waals surface area contributed by atoms with Crippen LogP contribution >= 0.6 is 0 Å². The molecule has 1 saturated heterocycles. The predicted molar refractivity (Wildman–Crippen MR) is 83.0 cm³/mol. The fourth-order valence-corrected chi connectivity index (χ4v) is 2.85. The van der Waals surface area contributed by atoms with Gasteiger partial charge in [0, 0.05) is 25.7 Å². The van der Waals surface area contributed by atoms with Crippen molar-refractivity contribution in [2.75, 3.05) is 47.5 Å². The quantitative estimate of drug-likeness (QED) is 0.889. The zero-order chi connectivity index (χ0) is 15.4. The molecular formula is C16H26N2O3. The first-order valence-electron chi connectivity index (χ1n) is 7.37. The number of hydrogen-bond acceptors (Lipinski definition) is 5. The molecule has 1 aromatic carbocycles. The summed E-state index contributed by atoms with van der Waals surface area (Å²) in [6.45, 7) is 5.25. The highest BCUT2D eigenvalue weighted by molar-refractivity contribution is 5.43. The first-order valence-corrected chi connectivity index (χ1v) is 7.37. The van der Waals surface area contributed by atoms with Gasteiger partial charge in [-0.3, -0.25) is 4.90 Å². The van der Waals surface area contributed by atoms with Crippen molar-refractivity contribution in [1.82, 2.24) is 9.80 Å². The average molecular weight is 294 g/mol. The Morgan fingerprint density at radius 1 is 1.24 bits per heavy atom. The van der Waals surface area contributed by atoms with Gasteiger partial charge in [0.1, 0.15) is 0 Å². The minimum atomic E-state index is 0.000885. The summed E-state index contributed by atoms with van der Waals surface area (Å²) in [4.78, 5) is 4.69. The van der Waals surface area contributed by atoms with Gasteiger partial charge >= 0.3 is 0 Å². The third kappa shape index (κ3) is 3.48. The number of nitrogens with zero attached hydrogens (tertiary/aromatic N) is 2. The van der Waals surface area contributed by atoms with E-state index in [2.05, 4.69) is 23.8 Å². The highest BCUT2D eigenvalue weighted by Crippen LogP contribution is 2.32. The Bertz CT molecular complexity index is 467. The SMILES string of the molecule is COc1ccc(C(CO)N2CCN(C)C(C)C2)cc1OC. The fourth-order valence-electron chi connectivity index (χ4n) is 2.85. The molecule has 2 unspecified atom stereocenters. The van der Waals surface area contributed by atoms with Crippen LogP contribution in [0.15, 0.2) is 18.2 Å². The zero-order valence-electron chi connectivity index (χ0n) is 13.4. The Kier molecular flexibility index (Phi) is 5.45. The van der Waals surface area contributed by atoms with Crippen molar-refractivity contribution < 1.29 is 14.6 Å². The lowest BCUT2D eigenvalue weighted by Crippen LogP contribution is -2.51. The Morgan fingerprint density at radius 3 is 2.52 bits per heavy atom. The summed E-state index contributed by atoms with van der Waals surface area (Å²) >= 11 is 0. The minimum Gasteiger partial charge on any atom is -0.493 e. The largest absolute Gasteiger partial charge is 0.493 e. The Labute approximate surface area is 127 Å². The number of likely N-dealkylation sites (N-methyl/N-ethyl adjacent to an activating group) is 1.